The summed E-state index contributed by atoms with van der Waals surface area (Å²) in [4.78, 5) is 17.9. The van der Waals surface area contributed by atoms with Crippen LogP contribution in [0.15, 0.2) is 47.2 Å². The molecule has 0 saturated carbocycles. The summed E-state index contributed by atoms with van der Waals surface area (Å²) in [5, 5.41) is 12.4. The number of rotatable bonds is 5. The van der Waals surface area contributed by atoms with Crippen molar-refractivity contribution >= 4 is 33.5 Å². The number of benzene rings is 1. The Balaban J connectivity index is 1.71. The first kappa shape index (κ1) is 16.0. The maximum atomic E-state index is 12.3. The Hall–Kier alpha value is -2.51. The lowest BCUT2D eigenvalue weighted by molar-refractivity contribution is 0.0951. The predicted octanol–water partition coefficient (Wildman–Crippen LogP) is 4.01. The summed E-state index contributed by atoms with van der Waals surface area (Å²) in [6, 6.07) is 11.8. The van der Waals surface area contributed by atoms with Crippen molar-refractivity contribution in [2.75, 3.05) is 0 Å². The molecule has 4 aromatic rings. The van der Waals surface area contributed by atoms with Gasteiger partial charge in [0.25, 0.3) is 5.91 Å². The summed E-state index contributed by atoms with van der Waals surface area (Å²) in [6.45, 7) is 2.46. The van der Waals surface area contributed by atoms with Crippen molar-refractivity contribution in [2.45, 2.75) is 19.9 Å². The van der Waals surface area contributed by atoms with E-state index in [0.717, 1.165) is 33.3 Å². The molecule has 0 aliphatic rings. The van der Waals surface area contributed by atoms with Crippen molar-refractivity contribution in [3.05, 3.63) is 63.4 Å². The molecule has 1 amide bonds. The Kier molecular flexibility index (Phi) is 4.33. The second-order valence-electron chi connectivity index (χ2n) is 5.51. The van der Waals surface area contributed by atoms with E-state index in [4.69, 9.17) is 4.98 Å². The van der Waals surface area contributed by atoms with Crippen LogP contribution in [0.1, 0.15) is 28.0 Å². The van der Waals surface area contributed by atoms with Crippen LogP contribution in [0.25, 0.3) is 16.2 Å². The van der Waals surface area contributed by atoms with Gasteiger partial charge in [-0.3, -0.25) is 4.79 Å². The van der Waals surface area contributed by atoms with E-state index in [1.807, 2.05) is 51.7 Å². The van der Waals surface area contributed by atoms with E-state index in [-0.39, 0.29) is 5.91 Å². The normalized spacial score (nSPS) is 11.1. The highest BCUT2D eigenvalue weighted by Gasteiger charge is 2.18. The van der Waals surface area contributed by atoms with Gasteiger partial charge in [0.05, 0.1) is 17.9 Å². The van der Waals surface area contributed by atoms with Crippen LogP contribution in [0.2, 0.25) is 0 Å². The molecule has 7 heteroatoms. The van der Waals surface area contributed by atoms with Crippen LogP contribution in [-0.4, -0.2) is 20.5 Å². The van der Waals surface area contributed by atoms with Crippen molar-refractivity contribution in [3.8, 4) is 11.3 Å². The van der Waals surface area contributed by atoms with Gasteiger partial charge in [0.15, 0.2) is 0 Å². The fraction of sp³-hybridized carbons (Fsp3) is 0.167. The molecule has 5 nitrogen and oxygen atoms in total. The number of aromatic nitrogens is 3. The molecule has 0 unspecified atom stereocenters. The number of aryl methyl sites for hydroxylation is 1. The van der Waals surface area contributed by atoms with Crippen molar-refractivity contribution in [3.63, 3.8) is 0 Å². The maximum Gasteiger partial charge on any atom is 0.252 e. The fourth-order valence-corrected chi connectivity index (χ4v) is 4.11. The summed E-state index contributed by atoms with van der Waals surface area (Å²) in [5.41, 5.74) is 3.48. The SMILES string of the molecule is CCc1nn2c(CNC(=O)c3ccsc3)c(-c3ccccc3)nc2s1. The van der Waals surface area contributed by atoms with Crippen LogP contribution in [0.5, 0.6) is 0 Å². The van der Waals surface area contributed by atoms with Crippen LogP contribution >= 0.6 is 22.7 Å². The minimum Gasteiger partial charge on any atom is -0.346 e. The molecule has 3 heterocycles. The van der Waals surface area contributed by atoms with Gasteiger partial charge < -0.3 is 5.32 Å². The van der Waals surface area contributed by atoms with Gasteiger partial charge >= 0.3 is 0 Å². The van der Waals surface area contributed by atoms with Gasteiger partial charge in [0.2, 0.25) is 4.96 Å². The van der Waals surface area contributed by atoms with Gasteiger partial charge in [-0.2, -0.15) is 16.4 Å². The van der Waals surface area contributed by atoms with Crippen molar-refractivity contribution < 1.29 is 4.79 Å². The number of hydrogen-bond acceptors (Lipinski definition) is 5. The first-order valence-corrected chi connectivity index (χ1v) is 9.75. The molecule has 0 aliphatic heterocycles. The van der Waals surface area contributed by atoms with Gasteiger partial charge in [-0.05, 0) is 17.9 Å². The van der Waals surface area contributed by atoms with E-state index in [0.29, 0.717) is 12.1 Å². The molecule has 25 heavy (non-hydrogen) atoms. The Morgan fingerprint density at radius 1 is 1.24 bits per heavy atom. The molecule has 126 valence electrons. The zero-order valence-corrected chi connectivity index (χ0v) is 15.2. The molecule has 1 N–H and O–H groups in total. The third-order valence-electron chi connectivity index (χ3n) is 3.89. The highest BCUT2D eigenvalue weighted by Crippen LogP contribution is 2.27. The second kappa shape index (κ2) is 6.78. The number of carbonyl (C=O) groups excluding carboxylic acids is 1. The molecule has 4 rings (SSSR count). The first-order chi connectivity index (χ1) is 12.3. The highest BCUT2D eigenvalue weighted by molar-refractivity contribution is 7.16. The summed E-state index contributed by atoms with van der Waals surface area (Å²) in [7, 11) is 0. The Morgan fingerprint density at radius 3 is 2.80 bits per heavy atom. The molecule has 0 saturated heterocycles. The number of nitrogens with one attached hydrogen (secondary N) is 1. The van der Waals surface area contributed by atoms with Crippen molar-refractivity contribution in [2.24, 2.45) is 0 Å². The van der Waals surface area contributed by atoms with Crippen LogP contribution < -0.4 is 5.32 Å². The lowest BCUT2D eigenvalue weighted by atomic mass is 10.1. The van der Waals surface area contributed by atoms with Crippen LogP contribution in [0, 0.1) is 0 Å². The summed E-state index contributed by atoms with van der Waals surface area (Å²) in [6.07, 6.45) is 0.870. The van der Waals surface area contributed by atoms with Crippen molar-refractivity contribution in [1.29, 1.82) is 0 Å². The summed E-state index contributed by atoms with van der Waals surface area (Å²) < 4.78 is 1.86. The van der Waals surface area contributed by atoms with Crippen LogP contribution in [-0.2, 0) is 13.0 Å². The Labute approximate surface area is 153 Å². The molecular weight excluding hydrogens is 352 g/mol. The lowest BCUT2D eigenvalue weighted by Gasteiger charge is -2.06. The predicted molar refractivity (Wildman–Crippen MR) is 101 cm³/mol. The minimum absolute atomic E-state index is 0.0823. The van der Waals surface area contributed by atoms with Gasteiger partial charge in [-0.15, -0.1) is 0 Å². The van der Waals surface area contributed by atoms with Crippen LogP contribution in [0.3, 0.4) is 0 Å². The van der Waals surface area contributed by atoms with Gasteiger partial charge in [-0.25, -0.2) is 9.50 Å². The number of hydrogen-bond donors (Lipinski definition) is 1. The van der Waals surface area contributed by atoms with E-state index in [2.05, 4.69) is 17.3 Å². The van der Waals surface area contributed by atoms with E-state index in [1.54, 1.807) is 11.3 Å². The van der Waals surface area contributed by atoms with Crippen LogP contribution in [0.4, 0.5) is 0 Å². The quantitative estimate of drug-likeness (QED) is 0.579. The zero-order chi connectivity index (χ0) is 17.2. The topological polar surface area (TPSA) is 59.3 Å². The molecule has 0 bridgehead atoms. The average molecular weight is 368 g/mol. The number of carbonyl (C=O) groups is 1. The van der Waals surface area contributed by atoms with Gasteiger partial charge in [0, 0.05) is 16.5 Å². The van der Waals surface area contributed by atoms with Gasteiger partial charge in [0.1, 0.15) is 5.01 Å². The summed E-state index contributed by atoms with van der Waals surface area (Å²) >= 11 is 3.10. The zero-order valence-electron chi connectivity index (χ0n) is 13.6. The van der Waals surface area contributed by atoms with Crippen molar-refractivity contribution in [1.82, 2.24) is 19.9 Å². The Morgan fingerprint density at radius 2 is 2.08 bits per heavy atom. The lowest BCUT2D eigenvalue weighted by Crippen LogP contribution is -2.23. The molecule has 0 fully saturated rings. The number of fused-ring (bicyclic) bond motifs is 1. The number of amides is 1. The molecule has 0 aliphatic carbocycles. The van der Waals surface area contributed by atoms with E-state index >= 15 is 0 Å². The number of thiophene rings is 1. The largest absolute Gasteiger partial charge is 0.346 e. The minimum atomic E-state index is -0.0823. The molecule has 0 radical (unpaired) electrons. The third kappa shape index (κ3) is 3.08. The molecule has 0 atom stereocenters. The van der Waals surface area contributed by atoms with E-state index in [9.17, 15) is 4.79 Å². The van der Waals surface area contributed by atoms with E-state index in [1.165, 1.54) is 11.3 Å². The molecule has 3 aromatic heterocycles. The molecular formula is C18H16N4OS2. The maximum absolute atomic E-state index is 12.3. The Bertz CT molecular complexity index is 1000. The standard InChI is InChI=1S/C18H16N4OS2/c1-2-15-21-22-14(10-19-17(23)13-8-9-24-11-13)16(20-18(22)25-15)12-6-4-3-5-7-12/h3-9,11H,2,10H2,1H3,(H,19,23). The average Bonchev–Trinajstić information content (AvgIpc) is 3.36. The highest BCUT2D eigenvalue weighted by atomic mass is 32.1. The molecule has 1 aromatic carbocycles. The number of nitrogens with zero attached hydrogens (tertiary/aromatic N) is 3. The second-order valence-corrected chi connectivity index (χ2v) is 7.33. The van der Waals surface area contributed by atoms with Gasteiger partial charge in [-0.1, -0.05) is 48.6 Å². The van der Waals surface area contributed by atoms with E-state index < -0.39 is 0 Å². The summed E-state index contributed by atoms with van der Waals surface area (Å²) in [5.74, 6) is -0.0823. The first-order valence-electron chi connectivity index (χ1n) is 7.99. The molecule has 0 spiro atoms. The fourth-order valence-electron chi connectivity index (χ4n) is 2.62. The monoisotopic (exact) mass is 368 g/mol. The number of imidazole rings is 1. The smallest absolute Gasteiger partial charge is 0.252 e. The third-order valence-corrected chi connectivity index (χ3v) is 5.62.